The number of piperidine rings is 1. The highest BCUT2D eigenvalue weighted by atomic mass is 16.3. The van der Waals surface area contributed by atoms with E-state index >= 15 is 0 Å². The van der Waals surface area contributed by atoms with E-state index in [4.69, 9.17) is 4.42 Å². The third-order valence-electron chi connectivity index (χ3n) is 5.47. The molecule has 1 aliphatic carbocycles. The van der Waals surface area contributed by atoms with Crippen LogP contribution in [0.5, 0.6) is 0 Å². The zero-order valence-corrected chi connectivity index (χ0v) is 13.7. The van der Waals surface area contributed by atoms with Crippen LogP contribution < -0.4 is 10.6 Å². The zero-order chi connectivity index (χ0) is 16.7. The summed E-state index contributed by atoms with van der Waals surface area (Å²) in [6, 6.07) is 9.64. The molecule has 2 N–H and O–H groups in total. The Morgan fingerprint density at radius 3 is 2.96 bits per heavy atom. The molecule has 2 aliphatic rings. The lowest BCUT2D eigenvalue weighted by Crippen LogP contribution is -2.54. The fourth-order valence-electron chi connectivity index (χ4n) is 4.23. The number of fused-ring (bicyclic) bond motifs is 2. The Kier molecular flexibility index (Phi) is 3.79. The minimum atomic E-state index is -0.176. The number of benzene rings is 1. The fraction of sp³-hybridized carbons (Fsp3) is 0.474. The standard InChI is InChI=1S/C19H22N2O3/c1-11-8-18(22)21-15-10-13(6-7-14(11)15)20-19(23)17-9-12-4-2-3-5-16(12)24-17/h2-5,9,11,13-15H,6-8,10H2,1H3,(H,20,23)(H,21,22). The van der Waals surface area contributed by atoms with Crippen molar-refractivity contribution in [1.82, 2.24) is 10.6 Å². The maximum atomic E-state index is 12.5. The predicted octanol–water partition coefficient (Wildman–Crippen LogP) is 2.86. The van der Waals surface area contributed by atoms with Crippen molar-refractivity contribution >= 4 is 22.8 Å². The molecule has 1 aromatic carbocycles. The molecule has 1 saturated heterocycles. The number of rotatable bonds is 2. The van der Waals surface area contributed by atoms with Crippen LogP contribution in [0.1, 0.15) is 43.2 Å². The van der Waals surface area contributed by atoms with E-state index in [2.05, 4.69) is 17.6 Å². The molecule has 126 valence electrons. The predicted molar refractivity (Wildman–Crippen MR) is 90.5 cm³/mol. The first-order valence-electron chi connectivity index (χ1n) is 8.69. The summed E-state index contributed by atoms with van der Waals surface area (Å²) in [5.74, 6) is 1.26. The van der Waals surface area contributed by atoms with Gasteiger partial charge in [0.2, 0.25) is 5.91 Å². The van der Waals surface area contributed by atoms with Gasteiger partial charge in [0.1, 0.15) is 5.58 Å². The van der Waals surface area contributed by atoms with Gasteiger partial charge < -0.3 is 15.1 Å². The fourth-order valence-corrected chi connectivity index (χ4v) is 4.23. The summed E-state index contributed by atoms with van der Waals surface area (Å²) in [5, 5.41) is 7.10. The number of para-hydroxylation sites is 1. The molecule has 0 bridgehead atoms. The van der Waals surface area contributed by atoms with E-state index < -0.39 is 0 Å². The van der Waals surface area contributed by atoms with E-state index in [1.165, 1.54) is 0 Å². The molecule has 2 heterocycles. The third kappa shape index (κ3) is 2.79. The Hall–Kier alpha value is -2.30. The number of amides is 2. The molecular weight excluding hydrogens is 304 g/mol. The number of hydrogen-bond donors (Lipinski definition) is 2. The summed E-state index contributed by atoms with van der Waals surface area (Å²) in [4.78, 5) is 24.2. The molecule has 4 rings (SSSR count). The SMILES string of the molecule is CC1CC(=O)NC2CC(NC(=O)c3cc4ccccc4o3)CCC12. The van der Waals surface area contributed by atoms with Crippen LogP contribution in [-0.4, -0.2) is 23.9 Å². The molecule has 1 aliphatic heterocycles. The normalized spacial score (nSPS) is 29.8. The van der Waals surface area contributed by atoms with Gasteiger partial charge in [-0.05, 0) is 43.2 Å². The minimum Gasteiger partial charge on any atom is -0.451 e. The first-order valence-corrected chi connectivity index (χ1v) is 8.69. The van der Waals surface area contributed by atoms with Crippen LogP contribution in [0.4, 0.5) is 0 Å². The second kappa shape index (κ2) is 5.96. The second-order valence-corrected chi connectivity index (χ2v) is 7.15. The van der Waals surface area contributed by atoms with Crippen LogP contribution in [0, 0.1) is 11.8 Å². The maximum Gasteiger partial charge on any atom is 0.287 e. The van der Waals surface area contributed by atoms with E-state index in [0.29, 0.717) is 24.0 Å². The van der Waals surface area contributed by atoms with Crippen LogP contribution in [0.15, 0.2) is 34.7 Å². The van der Waals surface area contributed by atoms with E-state index in [9.17, 15) is 9.59 Å². The van der Waals surface area contributed by atoms with Crippen molar-refractivity contribution in [1.29, 1.82) is 0 Å². The van der Waals surface area contributed by atoms with Crippen LogP contribution in [0.2, 0.25) is 0 Å². The lowest BCUT2D eigenvalue weighted by Gasteiger charge is -2.43. The monoisotopic (exact) mass is 326 g/mol. The van der Waals surface area contributed by atoms with E-state index in [1.807, 2.05) is 24.3 Å². The van der Waals surface area contributed by atoms with E-state index in [0.717, 1.165) is 30.2 Å². The van der Waals surface area contributed by atoms with Gasteiger partial charge in [-0.15, -0.1) is 0 Å². The zero-order valence-electron chi connectivity index (χ0n) is 13.7. The van der Waals surface area contributed by atoms with Gasteiger partial charge in [-0.3, -0.25) is 9.59 Å². The van der Waals surface area contributed by atoms with Crippen molar-refractivity contribution < 1.29 is 14.0 Å². The van der Waals surface area contributed by atoms with Gasteiger partial charge in [0.15, 0.2) is 5.76 Å². The van der Waals surface area contributed by atoms with Crippen molar-refractivity contribution in [2.45, 2.75) is 44.7 Å². The van der Waals surface area contributed by atoms with Crippen molar-refractivity contribution in [3.63, 3.8) is 0 Å². The minimum absolute atomic E-state index is 0.0811. The van der Waals surface area contributed by atoms with Gasteiger partial charge >= 0.3 is 0 Å². The molecule has 4 atom stereocenters. The molecule has 1 aromatic heterocycles. The smallest absolute Gasteiger partial charge is 0.287 e. The average Bonchev–Trinajstić information content (AvgIpc) is 2.98. The summed E-state index contributed by atoms with van der Waals surface area (Å²) in [5.41, 5.74) is 0.722. The largest absolute Gasteiger partial charge is 0.451 e. The van der Waals surface area contributed by atoms with Gasteiger partial charge in [0.05, 0.1) is 0 Å². The summed E-state index contributed by atoms with van der Waals surface area (Å²) in [6.07, 6.45) is 3.41. The first-order chi connectivity index (χ1) is 11.6. The van der Waals surface area contributed by atoms with Gasteiger partial charge in [-0.1, -0.05) is 25.1 Å². The van der Waals surface area contributed by atoms with Crippen LogP contribution >= 0.6 is 0 Å². The molecule has 2 aromatic rings. The highest BCUT2D eigenvalue weighted by Crippen LogP contribution is 2.35. The van der Waals surface area contributed by atoms with Gasteiger partial charge in [0, 0.05) is 23.9 Å². The van der Waals surface area contributed by atoms with Crippen molar-refractivity contribution in [3.8, 4) is 0 Å². The lowest BCUT2D eigenvalue weighted by atomic mass is 9.72. The molecule has 2 amide bonds. The van der Waals surface area contributed by atoms with Crippen molar-refractivity contribution in [2.75, 3.05) is 0 Å². The van der Waals surface area contributed by atoms with Crippen molar-refractivity contribution in [2.24, 2.45) is 11.8 Å². The Balaban J connectivity index is 1.43. The topological polar surface area (TPSA) is 71.3 Å². The highest BCUT2D eigenvalue weighted by molar-refractivity contribution is 5.96. The van der Waals surface area contributed by atoms with Crippen molar-refractivity contribution in [3.05, 3.63) is 36.1 Å². The molecule has 2 fully saturated rings. The first kappa shape index (κ1) is 15.2. The molecule has 5 heteroatoms. The Morgan fingerprint density at radius 2 is 2.12 bits per heavy atom. The summed E-state index contributed by atoms with van der Waals surface area (Å²) >= 11 is 0. The number of nitrogens with one attached hydrogen (secondary N) is 2. The highest BCUT2D eigenvalue weighted by Gasteiger charge is 2.39. The van der Waals surface area contributed by atoms with Crippen LogP contribution in [-0.2, 0) is 4.79 Å². The van der Waals surface area contributed by atoms with Gasteiger partial charge in [0.25, 0.3) is 5.91 Å². The van der Waals surface area contributed by atoms with E-state index in [1.54, 1.807) is 6.07 Å². The van der Waals surface area contributed by atoms with Crippen LogP contribution in [0.25, 0.3) is 11.0 Å². The van der Waals surface area contributed by atoms with Gasteiger partial charge in [-0.2, -0.15) is 0 Å². The number of carbonyl (C=O) groups excluding carboxylic acids is 2. The molecule has 0 radical (unpaired) electrons. The second-order valence-electron chi connectivity index (χ2n) is 7.15. The molecule has 0 spiro atoms. The average molecular weight is 326 g/mol. The molecule has 1 saturated carbocycles. The molecule has 24 heavy (non-hydrogen) atoms. The molecule has 5 nitrogen and oxygen atoms in total. The Morgan fingerprint density at radius 1 is 1.29 bits per heavy atom. The maximum absolute atomic E-state index is 12.5. The molecule has 4 unspecified atom stereocenters. The summed E-state index contributed by atoms with van der Waals surface area (Å²) < 4.78 is 5.63. The number of hydrogen-bond acceptors (Lipinski definition) is 3. The van der Waals surface area contributed by atoms with Gasteiger partial charge in [-0.25, -0.2) is 0 Å². The van der Waals surface area contributed by atoms with Crippen LogP contribution in [0.3, 0.4) is 0 Å². The lowest BCUT2D eigenvalue weighted by molar-refractivity contribution is -0.126. The Labute approximate surface area is 140 Å². The van der Waals surface area contributed by atoms with E-state index in [-0.39, 0.29) is 23.9 Å². The Bertz CT molecular complexity index is 749. The number of furan rings is 1. The molecular formula is C19H22N2O3. The summed E-state index contributed by atoms with van der Waals surface area (Å²) in [7, 11) is 0. The summed E-state index contributed by atoms with van der Waals surface area (Å²) in [6.45, 7) is 2.16. The third-order valence-corrected chi connectivity index (χ3v) is 5.47. The quantitative estimate of drug-likeness (QED) is 0.891. The number of carbonyl (C=O) groups is 2.